The van der Waals surface area contributed by atoms with Gasteiger partial charge in [0.1, 0.15) is 17.1 Å². The third-order valence-corrected chi connectivity index (χ3v) is 3.47. The van der Waals surface area contributed by atoms with Crippen LogP contribution in [0.1, 0.15) is 70.3 Å². The molecule has 1 aliphatic carbocycles. The number of aldehydes is 1. The molecular weight excluding hydrogens is 220 g/mol. The zero-order valence-electron chi connectivity index (χ0n) is 9.86. The van der Waals surface area contributed by atoms with Crippen molar-refractivity contribution in [1.29, 1.82) is 0 Å². The summed E-state index contributed by atoms with van der Waals surface area (Å²) in [7, 11) is 0. The third-order valence-electron chi connectivity index (χ3n) is 3.47. The summed E-state index contributed by atoms with van der Waals surface area (Å²) in [6.07, 6.45) is 5.87. The van der Waals surface area contributed by atoms with Gasteiger partial charge in [-0.2, -0.15) is 0 Å². The minimum atomic E-state index is -1.07. The predicted octanol–water partition coefficient (Wildman–Crippen LogP) is 3.15. The quantitative estimate of drug-likeness (QED) is 0.818. The molecule has 0 aromatic carbocycles. The molecule has 0 saturated heterocycles. The predicted molar refractivity (Wildman–Crippen MR) is 61.6 cm³/mol. The second kappa shape index (κ2) is 4.73. The van der Waals surface area contributed by atoms with Gasteiger partial charge in [-0.3, -0.25) is 4.79 Å². The van der Waals surface area contributed by atoms with Gasteiger partial charge in [-0.15, -0.1) is 0 Å². The molecule has 0 unspecified atom stereocenters. The van der Waals surface area contributed by atoms with Crippen molar-refractivity contribution in [2.75, 3.05) is 0 Å². The Labute approximate surface area is 99.6 Å². The number of aryl methyl sites for hydroxylation is 1. The summed E-state index contributed by atoms with van der Waals surface area (Å²) in [5.74, 6) is 0.00143. The van der Waals surface area contributed by atoms with Crippen molar-refractivity contribution in [1.82, 2.24) is 0 Å². The summed E-state index contributed by atoms with van der Waals surface area (Å²) < 4.78 is 5.53. The zero-order valence-corrected chi connectivity index (χ0v) is 9.86. The second-order valence-corrected chi connectivity index (χ2v) is 4.57. The average Bonchev–Trinajstić information content (AvgIpc) is 2.67. The molecule has 1 saturated carbocycles. The summed E-state index contributed by atoms with van der Waals surface area (Å²) in [5, 5.41) is 9.20. The van der Waals surface area contributed by atoms with Gasteiger partial charge in [-0.25, -0.2) is 4.79 Å². The molecule has 0 aliphatic heterocycles. The number of hydrogen-bond donors (Lipinski definition) is 1. The summed E-state index contributed by atoms with van der Waals surface area (Å²) in [6.45, 7) is 1.64. The van der Waals surface area contributed by atoms with E-state index in [1.54, 1.807) is 6.92 Å². The Bertz CT molecular complexity index is 439. The molecule has 0 radical (unpaired) electrons. The standard InChI is InChI=1S/C13H16O4/c1-8-10(7-14)11(13(15)16)12(17-8)9-5-3-2-4-6-9/h7,9H,2-6H2,1H3,(H,15,16). The van der Waals surface area contributed by atoms with Crippen molar-refractivity contribution in [3.8, 4) is 0 Å². The second-order valence-electron chi connectivity index (χ2n) is 4.57. The first-order valence-corrected chi connectivity index (χ1v) is 5.97. The molecule has 2 rings (SSSR count). The van der Waals surface area contributed by atoms with Gasteiger partial charge in [-0.05, 0) is 19.8 Å². The van der Waals surface area contributed by atoms with Gasteiger partial charge in [-0.1, -0.05) is 19.3 Å². The van der Waals surface area contributed by atoms with Crippen molar-refractivity contribution >= 4 is 12.3 Å². The molecule has 0 atom stereocenters. The van der Waals surface area contributed by atoms with Gasteiger partial charge in [0.15, 0.2) is 6.29 Å². The van der Waals surface area contributed by atoms with Gasteiger partial charge >= 0.3 is 5.97 Å². The van der Waals surface area contributed by atoms with E-state index in [4.69, 9.17) is 4.42 Å². The lowest BCUT2D eigenvalue weighted by Gasteiger charge is -2.20. The number of aromatic carboxylic acids is 1. The molecule has 17 heavy (non-hydrogen) atoms. The molecular formula is C13H16O4. The SMILES string of the molecule is Cc1oc(C2CCCCC2)c(C(=O)O)c1C=O. The average molecular weight is 236 g/mol. The fourth-order valence-corrected chi connectivity index (χ4v) is 2.59. The van der Waals surface area contributed by atoms with E-state index < -0.39 is 5.97 Å². The minimum Gasteiger partial charge on any atom is -0.478 e. The molecule has 4 nitrogen and oxygen atoms in total. The zero-order chi connectivity index (χ0) is 12.4. The topological polar surface area (TPSA) is 67.5 Å². The molecule has 92 valence electrons. The highest BCUT2D eigenvalue weighted by molar-refractivity contribution is 5.99. The number of rotatable bonds is 3. The van der Waals surface area contributed by atoms with Crippen molar-refractivity contribution in [3.63, 3.8) is 0 Å². The van der Waals surface area contributed by atoms with Crippen LogP contribution in [0, 0.1) is 6.92 Å². The van der Waals surface area contributed by atoms with Gasteiger partial charge in [0.05, 0.1) is 5.56 Å². The summed E-state index contributed by atoms with van der Waals surface area (Å²) in [6, 6.07) is 0. The molecule has 1 aromatic heterocycles. The first-order chi connectivity index (χ1) is 8.15. The van der Waals surface area contributed by atoms with Gasteiger partial charge in [0, 0.05) is 5.92 Å². The fourth-order valence-electron chi connectivity index (χ4n) is 2.59. The first kappa shape index (κ1) is 11.9. The van der Waals surface area contributed by atoms with E-state index in [-0.39, 0.29) is 17.0 Å². The minimum absolute atomic E-state index is 0.0735. The molecule has 1 fully saturated rings. The number of carbonyl (C=O) groups is 2. The van der Waals surface area contributed by atoms with E-state index in [1.807, 2.05) is 0 Å². The van der Waals surface area contributed by atoms with Crippen molar-refractivity contribution in [2.24, 2.45) is 0 Å². The molecule has 0 spiro atoms. The van der Waals surface area contributed by atoms with Crippen molar-refractivity contribution < 1.29 is 19.1 Å². The van der Waals surface area contributed by atoms with Crippen LogP contribution in [0.3, 0.4) is 0 Å². The van der Waals surface area contributed by atoms with Crippen LogP contribution < -0.4 is 0 Å². The normalized spacial score (nSPS) is 17.0. The van der Waals surface area contributed by atoms with E-state index in [0.717, 1.165) is 25.7 Å². The summed E-state index contributed by atoms with van der Waals surface area (Å²) in [5.41, 5.74) is 0.266. The van der Waals surface area contributed by atoms with Crippen LogP contribution in [0.15, 0.2) is 4.42 Å². The maximum atomic E-state index is 11.2. The molecule has 1 heterocycles. The van der Waals surface area contributed by atoms with Crippen LogP contribution in [0.5, 0.6) is 0 Å². The fraction of sp³-hybridized carbons (Fsp3) is 0.538. The van der Waals surface area contributed by atoms with Gasteiger partial charge < -0.3 is 9.52 Å². The molecule has 1 aromatic rings. The Morgan fingerprint density at radius 3 is 2.53 bits per heavy atom. The van der Waals surface area contributed by atoms with Gasteiger partial charge in [0.2, 0.25) is 0 Å². The van der Waals surface area contributed by atoms with Gasteiger partial charge in [0.25, 0.3) is 0 Å². The maximum Gasteiger partial charge on any atom is 0.340 e. The third kappa shape index (κ3) is 2.12. The molecule has 0 bridgehead atoms. The molecule has 0 amide bonds. The number of carbonyl (C=O) groups excluding carboxylic acids is 1. The van der Waals surface area contributed by atoms with E-state index >= 15 is 0 Å². The van der Waals surface area contributed by atoms with Crippen molar-refractivity contribution in [2.45, 2.75) is 44.9 Å². The monoisotopic (exact) mass is 236 g/mol. The number of carboxylic acids is 1. The number of carboxylic acid groups (broad SMARTS) is 1. The first-order valence-electron chi connectivity index (χ1n) is 5.97. The van der Waals surface area contributed by atoms with E-state index in [1.165, 1.54) is 6.42 Å². The highest BCUT2D eigenvalue weighted by Crippen LogP contribution is 2.37. The summed E-state index contributed by atoms with van der Waals surface area (Å²) in [4.78, 5) is 22.2. The van der Waals surface area contributed by atoms with E-state index in [2.05, 4.69) is 0 Å². The van der Waals surface area contributed by atoms with Crippen LogP contribution >= 0.6 is 0 Å². The summed E-state index contributed by atoms with van der Waals surface area (Å²) >= 11 is 0. The largest absolute Gasteiger partial charge is 0.478 e. The Balaban J connectivity index is 2.45. The molecule has 1 aliphatic rings. The Morgan fingerprint density at radius 1 is 1.35 bits per heavy atom. The van der Waals surface area contributed by atoms with Crippen LogP contribution in [0.25, 0.3) is 0 Å². The Hall–Kier alpha value is -1.58. The molecule has 4 heteroatoms. The highest BCUT2D eigenvalue weighted by Gasteiger charge is 2.29. The molecule has 1 N–H and O–H groups in total. The van der Waals surface area contributed by atoms with Crippen LogP contribution in [0.2, 0.25) is 0 Å². The Kier molecular flexibility index (Phi) is 3.31. The van der Waals surface area contributed by atoms with E-state index in [9.17, 15) is 14.7 Å². The highest BCUT2D eigenvalue weighted by atomic mass is 16.4. The van der Waals surface area contributed by atoms with Crippen LogP contribution in [0.4, 0.5) is 0 Å². The Morgan fingerprint density at radius 2 is 2.00 bits per heavy atom. The van der Waals surface area contributed by atoms with E-state index in [0.29, 0.717) is 17.8 Å². The lowest BCUT2D eigenvalue weighted by atomic mass is 9.85. The lowest BCUT2D eigenvalue weighted by molar-refractivity contribution is 0.0690. The van der Waals surface area contributed by atoms with Crippen LogP contribution in [-0.4, -0.2) is 17.4 Å². The lowest BCUT2D eigenvalue weighted by Crippen LogP contribution is -2.09. The smallest absolute Gasteiger partial charge is 0.340 e. The number of furan rings is 1. The van der Waals surface area contributed by atoms with Crippen molar-refractivity contribution in [3.05, 3.63) is 22.6 Å². The maximum absolute atomic E-state index is 11.2. The van der Waals surface area contributed by atoms with Crippen LogP contribution in [-0.2, 0) is 0 Å². The number of hydrogen-bond acceptors (Lipinski definition) is 3.